The normalized spacial score (nSPS) is 11.3. The van der Waals surface area contributed by atoms with Gasteiger partial charge in [-0.25, -0.2) is 0 Å². The summed E-state index contributed by atoms with van der Waals surface area (Å²) in [6.07, 6.45) is -4.56. The number of hydrogen-bond donors (Lipinski definition) is 3. The SMILES string of the molecule is O=C(NNc1ccccc1C(F)(F)F)c1cc(=O)[nH]c2ccccc12. The Kier molecular flexibility index (Phi) is 4.18. The Hall–Kier alpha value is -3.29. The molecule has 3 rings (SSSR count). The quantitative estimate of drug-likeness (QED) is 0.637. The second-order valence-electron chi connectivity index (χ2n) is 5.22. The van der Waals surface area contributed by atoms with Crippen molar-refractivity contribution in [2.75, 3.05) is 5.43 Å². The minimum absolute atomic E-state index is 0.0522. The van der Waals surface area contributed by atoms with Gasteiger partial charge in [-0.1, -0.05) is 30.3 Å². The largest absolute Gasteiger partial charge is 0.418 e. The van der Waals surface area contributed by atoms with Gasteiger partial charge in [-0.15, -0.1) is 0 Å². The average Bonchev–Trinajstić information content (AvgIpc) is 2.58. The molecule has 0 unspecified atom stereocenters. The Morgan fingerprint density at radius 2 is 1.68 bits per heavy atom. The predicted molar refractivity (Wildman–Crippen MR) is 87.1 cm³/mol. The van der Waals surface area contributed by atoms with Crippen molar-refractivity contribution in [1.82, 2.24) is 10.4 Å². The van der Waals surface area contributed by atoms with Gasteiger partial charge >= 0.3 is 6.18 Å². The van der Waals surface area contributed by atoms with Crippen LogP contribution in [0.2, 0.25) is 0 Å². The Bertz CT molecular complexity index is 996. The first-order valence-corrected chi connectivity index (χ1v) is 7.21. The molecule has 0 spiro atoms. The van der Waals surface area contributed by atoms with Gasteiger partial charge in [0.1, 0.15) is 0 Å². The Morgan fingerprint density at radius 1 is 1.00 bits per heavy atom. The lowest BCUT2D eigenvalue weighted by Gasteiger charge is -2.15. The molecule has 2 aromatic carbocycles. The summed E-state index contributed by atoms with van der Waals surface area (Å²) < 4.78 is 38.9. The number of carbonyl (C=O) groups is 1. The molecule has 3 aromatic rings. The highest BCUT2D eigenvalue weighted by atomic mass is 19.4. The lowest BCUT2D eigenvalue weighted by atomic mass is 10.1. The zero-order valence-electron chi connectivity index (χ0n) is 12.6. The van der Waals surface area contributed by atoms with Crippen molar-refractivity contribution >= 4 is 22.5 Å². The molecule has 0 saturated carbocycles. The third-order valence-electron chi connectivity index (χ3n) is 3.54. The van der Waals surface area contributed by atoms with Crippen LogP contribution in [0.1, 0.15) is 15.9 Å². The number of alkyl halides is 3. The topological polar surface area (TPSA) is 74.0 Å². The van der Waals surface area contributed by atoms with Crippen LogP contribution < -0.4 is 16.4 Å². The minimum atomic E-state index is -4.56. The van der Waals surface area contributed by atoms with Crippen LogP contribution in [-0.4, -0.2) is 10.9 Å². The number of hydrogen-bond acceptors (Lipinski definition) is 3. The summed E-state index contributed by atoms with van der Waals surface area (Å²) in [5, 5.41) is 0.477. The molecule has 1 aromatic heterocycles. The van der Waals surface area contributed by atoms with E-state index in [-0.39, 0.29) is 11.3 Å². The van der Waals surface area contributed by atoms with Crippen molar-refractivity contribution in [3.05, 3.63) is 76.1 Å². The van der Waals surface area contributed by atoms with Gasteiger partial charge in [0.05, 0.1) is 16.8 Å². The first-order chi connectivity index (χ1) is 11.9. The van der Waals surface area contributed by atoms with Crippen LogP contribution in [-0.2, 0) is 6.18 Å². The number of H-pyrrole nitrogens is 1. The van der Waals surface area contributed by atoms with E-state index in [0.29, 0.717) is 10.9 Å². The monoisotopic (exact) mass is 347 g/mol. The van der Waals surface area contributed by atoms with Crippen LogP contribution in [0.25, 0.3) is 10.9 Å². The second-order valence-corrected chi connectivity index (χ2v) is 5.22. The summed E-state index contributed by atoms with van der Waals surface area (Å²) in [5.74, 6) is -0.723. The molecular formula is C17H12F3N3O2. The number of rotatable bonds is 3. The Balaban J connectivity index is 1.89. The highest BCUT2D eigenvalue weighted by Gasteiger charge is 2.33. The van der Waals surface area contributed by atoms with E-state index in [2.05, 4.69) is 15.8 Å². The van der Waals surface area contributed by atoms with Crippen molar-refractivity contribution in [1.29, 1.82) is 0 Å². The molecular weight excluding hydrogens is 335 g/mol. The summed E-state index contributed by atoms with van der Waals surface area (Å²) in [6, 6.07) is 12.5. The summed E-state index contributed by atoms with van der Waals surface area (Å²) in [5.41, 5.74) is 3.29. The van der Waals surface area contributed by atoms with Crippen molar-refractivity contribution < 1.29 is 18.0 Å². The third kappa shape index (κ3) is 3.47. The van der Waals surface area contributed by atoms with Gasteiger partial charge in [-0.2, -0.15) is 13.2 Å². The lowest BCUT2D eigenvalue weighted by Crippen LogP contribution is -2.31. The number of aromatic amines is 1. The maximum Gasteiger partial charge on any atom is 0.418 e. The summed E-state index contributed by atoms with van der Waals surface area (Å²) >= 11 is 0. The second kappa shape index (κ2) is 6.31. The highest BCUT2D eigenvalue weighted by Crippen LogP contribution is 2.34. The number of benzene rings is 2. The van der Waals surface area contributed by atoms with Crippen molar-refractivity contribution in [2.45, 2.75) is 6.18 Å². The molecule has 0 aliphatic carbocycles. The summed E-state index contributed by atoms with van der Waals surface area (Å²) in [7, 11) is 0. The zero-order valence-corrected chi connectivity index (χ0v) is 12.6. The van der Waals surface area contributed by atoms with Crippen molar-refractivity contribution in [3.63, 3.8) is 0 Å². The number of hydrazine groups is 1. The first-order valence-electron chi connectivity index (χ1n) is 7.21. The number of amides is 1. The molecule has 8 heteroatoms. The molecule has 0 aliphatic rings. The maximum absolute atomic E-state index is 13.0. The smallest absolute Gasteiger partial charge is 0.322 e. The van der Waals surface area contributed by atoms with Crippen LogP contribution >= 0.6 is 0 Å². The number of carbonyl (C=O) groups excluding carboxylic acids is 1. The summed E-state index contributed by atoms with van der Waals surface area (Å²) in [6.45, 7) is 0. The number of halogens is 3. The van der Waals surface area contributed by atoms with E-state index in [4.69, 9.17) is 0 Å². The fourth-order valence-corrected chi connectivity index (χ4v) is 2.42. The molecule has 0 atom stereocenters. The molecule has 0 saturated heterocycles. The van der Waals surface area contributed by atoms with Crippen LogP contribution in [0.15, 0.2) is 59.4 Å². The maximum atomic E-state index is 13.0. The van der Waals surface area contributed by atoms with E-state index < -0.39 is 23.2 Å². The lowest BCUT2D eigenvalue weighted by molar-refractivity contribution is -0.137. The van der Waals surface area contributed by atoms with E-state index >= 15 is 0 Å². The number of nitrogens with one attached hydrogen (secondary N) is 3. The number of aromatic nitrogens is 1. The zero-order chi connectivity index (χ0) is 18.0. The fraction of sp³-hybridized carbons (Fsp3) is 0.0588. The molecule has 5 nitrogen and oxygen atoms in total. The standard InChI is InChI=1S/C17H12F3N3O2/c18-17(19,20)12-6-2-4-8-14(12)22-23-16(25)11-9-15(24)21-13-7-3-1-5-10(11)13/h1-9,22H,(H,21,24)(H,23,25). The predicted octanol–water partition coefficient (Wildman–Crippen LogP) is 3.30. The van der Waals surface area contributed by atoms with Crippen molar-refractivity contribution in [3.8, 4) is 0 Å². The highest BCUT2D eigenvalue weighted by molar-refractivity contribution is 6.06. The number of anilines is 1. The third-order valence-corrected chi connectivity index (χ3v) is 3.54. The molecule has 0 radical (unpaired) electrons. The Labute approximate surface area is 139 Å². The first kappa shape index (κ1) is 16.6. The van der Waals surface area contributed by atoms with E-state index in [0.717, 1.165) is 12.1 Å². The average molecular weight is 347 g/mol. The fourth-order valence-electron chi connectivity index (χ4n) is 2.42. The molecule has 0 fully saturated rings. The Morgan fingerprint density at radius 3 is 2.44 bits per heavy atom. The number of para-hydroxylation sites is 2. The van der Waals surface area contributed by atoms with Crippen molar-refractivity contribution in [2.24, 2.45) is 0 Å². The van der Waals surface area contributed by atoms with E-state index in [1.54, 1.807) is 24.3 Å². The van der Waals surface area contributed by atoms with Crippen LogP contribution in [0.5, 0.6) is 0 Å². The van der Waals surface area contributed by atoms with E-state index in [9.17, 15) is 22.8 Å². The molecule has 1 heterocycles. The van der Waals surface area contributed by atoms with Gasteiger partial charge in [0.25, 0.3) is 5.91 Å². The minimum Gasteiger partial charge on any atom is -0.322 e. The molecule has 128 valence electrons. The number of fused-ring (bicyclic) bond motifs is 1. The van der Waals surface area contributed by atoms with E-state index in [1.165, 1.54) is 18.2 Å². The van der Waals surface area contributed by atoms with Gasteiger partial charge < -0.3 is 4.98 Å². The van der Waals surface area contributed by atoms with Gasteiger partial charge in [0.2, 0.25) is 5.56 Å². The molecule has 0 aliphatic heterocycles. The molecule has 0 bridgehead atoms. The van der Waals surface area contributed by atoms with Gasteiger partial charge in [-0.05, 0) is 18.2 Å². The van der Waals surface area contributed by atoms with Gasteiger partial charge in [0, 0.05) is 17.0 Å². The van der Waals surface area contributed by atoms with Gasteiger partial charge in [0.15, 0.2) is 0 Å². The summed E-state index contributed by atoms with van der Waals surface area (Å²) in [4.78, 5) is 26.6. The van der Waals surface area contributed by atoms with Gasteiger partial charge in [-0.3, -0.25) is 20.4 Å². The van der Waals surface area contributed by atoms with Crippen LogP contribution in [0, 0.1) is 0 Å². The molecule has 1 amide bonds. The number of pyridine rings is 1. The van der Waals surface area contributed by atoms with E-state index in [1.807, 2.05) is 0 Å². The van der Waals surface area contributed by atoms with Crippen LogP contribution in [0.4, 0.5) is 18.9 Å². The van der Waals surface area contributed by atoms with Crippen LogP contribution in [0.3, 0.4) is 0 Å². The molecule has 3 N–H and O–H groups in total. The molecule has 25 heavy (non-hydrogen) atoms.